The molecule has 7 nitrogen and oxygen atoms in total. The summed E-state index contributed by atoms with van der Waals surface area (Å²) in [4.78, 5) is 15.4. The lowest BCUT2D eigenvalue weighted by Gasteiger charge is -2.16. The molecule has 0 aliphatic rings. The van der Waals surface area contributed by atoms with Gasteiger partial charge in [0.25, 0.3) is 0 Å². The molecule has 0 amide bonds. The van der Waals surface area contributed by atoms with E-state index in [1.54, 1.807) is 0 Å². The Morgan fingerprint density at radius 1 is 1.24 bits per heavy atom. The smallest absolute Gasteiger partial charge is 0.227 e. The highest BCUT2D eigenvalue weighted by molar-refractivity contribution is 5.82. The summed E-state index contributed by atoms with van der Waals surface area (Å²) in [5.74, 6) is 0.693. The number of hydrogen-bond acceptors (Lipinski definition) is 6. The van der Waals surface area contributed by atoms with Crippen LogP contribution in [-0.2, 0) is 6.42 Å². The Balaban J connectivity index is 1.79. The van der Waals surface area contributed by atoms with Gasteiger partial charge in [0.2, 0.25) is 5.95 Å². The molecule has 7 heteroatoms. The molecule has 2 heterocycles. The fourth-order valence-corrected chi connectivity index (χ4v) is 2.16. The molecule has 0 saturated carbocycles. The summed E-state index contributed by atoms with van der Waals surface area (Å²) < 4.78 is 0. The van der Waals surface area contributed by atoms with E-state index in [1.807, 2.05) is 30.3 Å². The standard InChI is InChI=1S/C14H16N6O/c15-12-11-13(17-8-16-11)20-14(19-12)18-10(7-21)6-9-4-2-1-3-5-9/h1-5,8,10,21H,6-7H2,(H4,15,16,17,18,19,20)/t10-/m0/s1. The van der Waals surface area contributed by atoms with Crippen molar-refractivity contribution in [3.05, 3.63) is 42.2 Å². The van der Waals surface area contributed by atoms with Crippen LogP contribution in [-0.4, -0.2) is 37.7 Å². The fourth-order valence-electron chi connectivity index (χ4n) is 2.16. The first-order valence-electron chi connectivity index (χ1n) is 6.64. The summed E-state index contributed by atoms with van der Waals surface area (Å²) in [7, 11) is 0. The van der Waals surface area contributed by atoms with E-state index in [9.17, 15) is 5.11 Å². The van der Waals surface area contributed by atoms with E-state index in [1.165, 1.54) is 6.33 Å². The van der Waals surface area contributed by atoms with Gasteiger partial charge >= 0.3 is 0 Å². The zero-order valence-electron chi connectivity index (χ0n) is 11.3. The molecule has 0 aliphatic carbocycles. The topological polar surface area (TPSA) is 113 Å². The zero-order valence-corrected chi connectivity index (χ0v) is 11.3. The molecule has 0 unspecified atom stereocenters. The maximum Gasteiger partial charge on any atom is 0.227 e. The third kappa shape index (κ3) is 2.92. The van der Waals surface area contributed by atoms with Crippen molar-refractivity contribution >= 4 is 22.9 Å². The van der Waals surface area contributed by atoms with Gasteiger partial charge in [-0.2, -0.15) is 9.97 Å². The molecule has 5 N–H and O–H groups in total. The van der Waals surface area contributed by atoms with Crippen LogP contribution in [0, 0.1) is 0 Å². The van der Waals surface area contributed by atoms with Gasteiger partial charge in [0.05, 0.1) is 19.0 Å². The van der Waals surface area contributed by atoms with Crippen molar-refractivity contribution in [1.29, 1.82) is 0 Å². The summed E-state index contributed by atoms with van der Waals surface area (Å²) in [6.45, 7) is -0.0310. The Labute approximate surface area is 121 Å². The molecule has 108 valence electrons. The van der Waals surface area contributed by atoms with Gasteiger partial charge in [0.15, 0.2) is 11.5 Å². The van der Waals surface area contributed by atoms with E-state index in [4.69, 9.17) is 5.73 Å². The van der Waals surface area contributed by atoms with E-state index < -0.39 is 0 Å². The molecular formula is C14H16N6O. The van der Waals surface area contributed by atoms with Crippen LogP contribution >= 0.6 is 0 Å². The highest BCUT2D eigenvalue weighted by Crippen LogP contribution is 2.16. The summed E-state index contributed by atoms with van der Waals surface area (Å²) in [5.41, 5.74) is 8.09. The number of rotatable bonds is 5. The second-order valence-electron chi connectivity index (χ2n) is 4.75. The molecule has 0 fully saturated rings. The number of aliphatic hydroxyl groups excluding tert-OH is 1. The molecule has 21 heavy (non-hydrogen) atoms. The molecule has 0 bridgehead atoms. The summed E-state index contributed by atoms with van der Waals surface area (Å²) in [6.07, 6.45) is 2.19. The number of H-pyrrole nitrogens is 1. The molecule has 3 rings (SSSR count). The molecule has 3 aromatic rings. The predicted molar refractivity (Wildman–Crippen MR) is 80.7 cm³/mol. The van der Waals surface area contributed by atoms with Crippen molar-refractivity contribution in [2.45, 2.75) is 12.5 Å². The number of nitrogens with zero attached hydrogens (tertiary/aromatic N) is 3. The lowest BCUT2D eigenvalue weighted by molar-refractivity contribution is 0.273. The second-order valence-corrected chi connectivity index (χ2v) is 4.75. The number of anilines is 2. The minimum atomic E-state index is -0.191. The van der Waals surface area contributed by atoms with Crippen LogP contribution in [0.3, 0.4) is 0 Å². The first-order valence-corrected chi connectivity index (χ1v) is 6.64. The number of hydrogen-bond donors (Lipinski definition) is 4. The van der Waals surface area contributed by atoms with Crippen LogP contribution in [0.25, 0.3) is 11.2 Å². The largest absolute Gasteiger partial charge is 0.394 e. The van der Waals surface area contributed by atoms with E-state index in [-0.39, 0.29) is 12.6 Å². The molecule has 1 aromatic carbocycles. The van der Waals surface area contributed by atoms with Gasteiger partial charge in [-0.1, -0.05) is 30.3 Å². The Kier molecular flexibility index (Phi) is 3.65. The fraction of sp³-hybridized carbons (Fsp3) is 0.214. The highest BCUT2D eigenvalue weighted by atomic mass is 16.3. The molecule has 1 atom stereocenters. The first kappa shape index (κ1) is 13.3. The van der Waals surface area contributed by atoms with Crippen LogP contribution in [0.4, 0.5) is 11.8 Å². The van der Waals surface area contributed by atoms with Gasteiger partial charge in [-0.05, 0) is 12.0 Å². The Hall–Kier alpha value is -2.67. The SMILES string of the molecule is Nc1nc(N[C@H](CO)Cc2ccccc2)nc2nc[nH]c12. The normalized spacial score (nSPS) is 12.4. The Morgan fingerprint density at radius 2 is 2.05 bits per heavy atom. The van der Waals surface area contributed by atoms with E-state index in [2.05, 4.69) is 25.3 Å². The molecule has 0 aliphatic heterocycles. The van der Waals surface area contributed by atoms with Gasteiger partial charge in [-0.25, -0.2) is 4.98 Å². The van der Waals surface area contributed by atoms with E-state index in [0.717, 1.165) is 5.56 Å². The predicted octanol–water partition coefficient (Wildman–Crippen LogP) is 0.951. The van der Waals surface area contributed by atoms with Gasteiger partial charge in [0.1, 0.15) is 5.52 Å². The lowest BCUT2D eigenvalue weighted by atomic mass is 10.1. The van der Waals surface area contributed by atoms with E-state index in [0.29, 0.717) is 29.4 Å². The number of aromatic amines is 1. The molecule has 0 saturated heterocycles. The minimum Gasteiger partial charge on any atom is -0.394 e. The highest BCUT2D eigenvalue weighted by Gasteiger charge is 2.12. The van der Waals surface area contributed by atoms with Gasteiger partial charge in [0, 0.05) is 0 Å². The summed E-state index contributed by atoms with van der Waals surface area (Å²) >= 11 is 0. The minimum absolute atomic E-state index is 0.0310. The molecular weight excluding hydrogens is 268 g/mol. The monoisotopic (exact) mass is 284 g/mol. The molecule has 2 aromatic heterocycles. The average molecular weight is 284 g/mol. The zero-order chi connectivity index (χ0) is 14.7. The lowest BCUT2D eigenvalue weighted by Crippen LogP contribution is -2.27. The van der Waals surface area contributed by atoms with Crippen LogP contribution < -0.4 is 11.1 Å². The van der Waals surface area contributed by atoms with Crippen molar-refractivity contribution < 1.29 is 5.11 Å². The van der Waals surface area contributed by atoms with Gasteiger partial charge < -0.3 is 21.1 Å². The van der Waals surface area contributed by atoms with Crippen LogP contribution in [0.1, 0.15) is 5.56 Å². The van der Waals surface area contributed by atoms with Crippen molar-refractivity contribution in [2.24, 2.45) is 0 Å². The number of aliphatic hydroxyl groups is 1. The first-order chi connectivity index (χ1) is 10.3. The third-order valence-corrected chi connectivity index (χ3v) is 3.19. The number of fused-ring (bicyclic) bond motifs is 1. The van der Waals surface area contributed by atoms with Crippen molar-refractivity contribution in [1.82, 2.24) is 19.9 Å². The molecule has 0 radical (unpaired) electrons. The van der Waals surface area contributed by atoms with Crippen molar-refractivity contribution in [3.63, 3.8) is 0 Å². The number of imidazole rings is 1. The van der Waals surface area contributed by atoms with Crippen molar-refractivity contribution in [2.75, 3.05) is 17.7 Å². The van der Waals surface area contributed by atoms with Crippen LogP contribution in [0.15, 0.2) is 36.7 Å². The number of nitrogens with two attached hydrogens (primary N) is 1. The number of aromatic nitrogens is 4. The summed E-state index contributed by atoms with van der Waals surface area (Å²) in [6, 6.07) is 9.72. The average Bonchev–Trinajstić information content (AvgIpc) is 2.96. The Morgan fingerprint density at radius 3 is 2.81 bits per heavy atom. The maximum absolute atomic E-state index is 9.52. The quantitative estimate of drug-likeness (QED) is 0.555. The number of nitrogen functional groups attached to an aromatic ring is 1. The van der Waals surface area contributed by atoms with Crippen LogP contribution in [0.5, 0.6) is 0 Å². The number of nitrogens with one attached hydrogen (secondary N) is 2. The van der Waals surface area contributed by atoms with Crippen LogP contribution in [0.2, 0.25) is 0 Å². The van der Waals surface area contributed by atoms with Gasteiger partial charge in [-0.15, -0.1) is 0 Å². The maximum atomic E-state index is 9.52. The Bertz CT molecular complexity index is 727. The van der Waals surface area contributed by atoms with Crippen molar-refractivity contribution in [3.8, 4) is 0 Å². The summed E-state index contributed by atoms with van der Waals surface area (Å²) in [5, 5.41) is 12.6. The second kappa shape index (κ2) is 5.76. The molecule has 0 spiro atoms. The van der Waals surface area contributed by atoms with E-state index >= 15 is 0 Å². The van der Waals surface area contributed by atoms with Gasteiger partial charge in [-0.3, -0.25) is 0 Å². The number of benzene rings is 1. The third-order valence-electron chi connectivity index (χ3n) is 3.19.